The van der Waals surface area contributed by atoms with Crippen LogP contribution in [0.5, 0.6) is 11.5 Å². The number of hydrogen-bond acceptors (Lipinski definition) is 2. The molecule has 0 fully saturated rings. The number of carbonyl (C=O) groups excluding carboxylic acids is 1. The van der Waals surface area contributed by atoms with E-state index in [1.165, 1.54) is 6.08 Å². The van der Waals surface area contributed by atoms with E-state index in [0.29, 0.717) is 22.2 Å². The Morgan fingerprint density at radius 1 is 1.25 bits per heavy atom. The highest BCUT2D eigenvalue weighted by Crippen LogP contribution is 2.33. The Hall–Kier alpha value is -2.26. The molecule has 0 saturated heterocycles. The number of halogens is 1. The smallest absolute Gasteiger partial charge is 0.247 e. The summed E-state index contributed by atoms with van der Waals surface area (Å²) in [6, 6.07) is 12.6. The Kier molecular flexibility index (Phi) is 4.43. The molecule has 2 rings (SSSR count). The molecule has 0 radical (unpaired) electrons. The van der Waals surface area contributed by atoms with Crippen molar-refractivity contribution in [3.8, 4) is 11.5 Å². The Labute approximate surface area is 122 Å². The number of para-hydroxylation sites is 1. The van der Waals surface area contributed by atoms with Crippen molar-refractivity contribution in [3.05, 3.63) is 65.7 Å². The monoisotopic (exact) mass is 287 g/mol. The van der Waals surface area contributed by atoms with Gasteiger partial charge in [0.15, 0.2) is 5.75 Å². The molecule has 0 unspecified atom stereocenters. The summed E-state index contributed by atoms with van der Waals surface area (Å²) in [4.78, 5) is 11.4. The van der Waals surface area contributed by atoms with Crippen LogP contribution in [-0.2, 0) is 4.79 Å². The molecule has 2 aromatic carbocycles. The van der Waals surface area contributed by atoms with Gasteiger partial charge in [-0.3, -0.25) is 4.79 Å². The van der Waals surface area contributed by atoms with Gasteiger partial charge >= 0.3 is 0 Å². The predicted octanol–water partition coefficient (Wildman–Crippen LogP) is 4.57. The molecule has 1 N–H and O–H groups in total. The molecule has 0 aliphatic heterocycles. The van der Waals surface area contributed by atoms with E-state index in [0.717, 1.165) is 5.56 Å². The maximum Gasteiger partial charge on any atom is 0.247 e. The summed E-state index contributed by atoms with van der Waals surface area (Å²) >= 11 is 5.84. The SMILES string of the molecule is C=CC(=O)Nc1cccc(C)c1Oc1ccc(Cl)cc1. The van der Waals surface area contributed by atoms with Gasteiger partial charge < -0.3 is 10.1 Å². The lowest BCUT2D eigenvalue weighted by molar-refractivity contribution is -0.111. The molecule has 102 valence electrons. The van der Waals surface area contributed by atoms with Gasteiger partial charge in [0, 0.05) is 5.02 Å². The topological polar surface area (TPSA) is 38.3 Å². The van der Waals surface area contributed by atoms with E-state index in [1.807, 2.05) is 19.1 Å². The van der Waals surface area contributed by atoms with Crippen molar-refractivity contribution in [1.82, 2.24) is 0 Å². The van der Waals surface area contributed by atoms with Crippen LogP contribution < -0.4 is 10.1 Å². The van der Waals surface area contributed by atoms with Gasteiger partial charge in [-0.25, -0.2) is 0 Å². The molecule has 4 heteroatoms. The van der Waals surface area contributed by atoms with Crippen LogP contribution in [0.2, 0.25) is 5.02 Å². The van der Waals surface area contributed by atoms with Crippen LogP contribution in [0, 0.1) is 6.92 Å². The van der Waals surface area contributed by atoms with Crippen LogP contribution in [0.4, 0.5) is 5.69 Å². The highest BCUT2D eigenvalue weighted by atomic mass is 35.5. The van der Waals surface area contributed by atoms with E-state index in [4.69, 9.17) is 16.3 Å². The molecule has 0 saturated carbocycles. The number of rotatable bonds is 4. The van der Waals surface area contributed by atoms with E-state index >= 15 is 0 Å². The lowest BCUT2D eigenvalue weighted by atomic mass is 10.2. The maximum atomic E-state index is 11.4. The third-order valence-electron chi connectivity index (χ3n) is 2.69. The summed E-state index contributed by atoms with van der Waals surface area (Å²) in [5, 5.41) is 3.37. The van der Waals surface area contributed by atoms with Gasteiger partial charge in [-0.05, 0) is 48.9 Å². The maximum absolute atomic E-state index is 11.4. The van der Waals surface area contributed by atoms with E-state index in [-0.39, 0.29) is 5.91 Å². The van der Waals surface area contributed by atoms with Gasteiger partial charge in [-0.15, -0.1) is 0 Å². The van der Waals surface area contributed by atoms with Crippen molar-refractivity contribution in [3.63, 3.8) is 0 Å². The van der Waals surface area contributed by atoms with Crippen molar-refractivity contribution in [2.24, 2.45) is 0 Å². The zero-order valence-electron chi connectivity index (χ0n) is 11.0. The summed E-state index contributed by atoms with van der Waals surface area (Å²) in [7, 11) is 0. The van der Waals surface area contributed by atoms with Gasteiger partial charge in [0.25, 0.3) is 0 Å². The fraction of sp³-hybridized carbons (Fsp3) is 0.0625. The van der Waals surface area contributed by atoms with Crippen LogP contribution in [0.3, 0.4) is 0 Å². The summed E-state index contributed by atoms with van der Waals surface area (Å²) in [5.74, 6) is 0.972. The second kappa shape index (κ2) is 6.26. The second-order valence-electron chi connectivity index (χ2n) is 4.20. The fourth-order valence-corrected chi connectivity index (χ4v) is 1.82. The van der Waals surface area contributed by atoms with Crippen molar-refractivity contribution in [2.45, 2.75) is 6.92 Å². The van der Waals surface area contributed by atoms with Gasteiger partial charge in [0.2, 0.25) is 5.91 Å². The molecular weight excluding hydrogens is 274 g/mol. The first-order valence-corrected chi connectivity index (χ1v) is 6.44. The molecule has 3 nitrogen and oxygen atoms in total. The van der Waals surface area contributed by atoms with E-state index in [9.17, 15) is 4.79 Å². The quantitative estimate of drug-likeness (QED) is 0.837. The van der Waals surface area contributed by atoms with Crippen LogP contribution in [0.25, 0.3) is 0 Å². The largest absolute Gasteiger partial charge is 0.455 e. The number of carbonyl (C=O) groups is 1. The minimum atomic E-state index is -0.281. The van der Waals surface area contributed by atoms with Crippen molar-refractivity contribution >= 4 is 23.2 Å². The third-order valence-corrected chi connectivity index (χ3v) is 2.94. The van der Waals surface area contributed by atoms with Gasteiger partial charge in [0.05, 0.1) is 5.69 Å². The Balaban J connectivity index is 2.32. The minimum Gasteiger partial charge on any atom is -0.455 e. The highest BCUT2D eigenvalue weighted by Gasteiger charge is 2.10. The summed E-state index contributed by atoms with van der Waals surface area (Å²) < 4.78 is 5.83. The lowest BCUT2D eigenvalue weighted by Gasteiger charge is -2.14. The predicted molar refractivity (Wildman–Crippen MR) is 81.5 cm³/mol. The Morgan fingerprint density at radius 3 is 2.60 bits per heavy atom. The van der Waals surface area contributed by atoms with Crippen LogP contribution in [0.1, 0.15) is 5.56 Å². The first-order valence-electron chi connectivity index (χ1n) is 6.06. The molecule has 0 aliphatic carbocycles. The second-order valence-corrected chi connectivity index (χ2v) is 4.64. The molecule has 0 bridgehead atoms. The van der Waals surface area contributed by atoms with Gasteiger partial charge in [-0.1, -0.05) is 30.3 Å². The molecule has 2 aromatic rings. The fourth-order valence-electron chi connectivity index (χ4n) is 1.69. The summed E-state index contributed by atoms with van der Waals surface area (Å²) in [6.45, 7) is 5.35. The lowest BCUT2D eigenvalue weighted by Crippen LogP contribution is -2.08. The van der Waals surface area contributed by atoms with E-state index in [1.54, 1.807) is 30.3 Å². The molecule has 20 heavy (non-hydrogen) atoms. The normalized spacial score (nSPS) is 9.90. The van der Waals surface area contributed by atoms with Gasteiger partial charge in [0.1, 0.15) is 5.75 Å². The minimum absolute atomic E-state index is 0.281. The van der Waals surface area contributed by atoms with Crippen molar-refractivity contribution < 1.29 is 9.53 Å². The first-order chi connectivity index (χ1) is 9.60. The molecule has 0 aromatic heterocycles. The number of amides is 1. The number of nitrogens with one attached hydrogen (secondary N) is 1. The van der Waals surface area contributed by atoms with E-state index < -0.39 is 0 Å². The first kappa shape index (κ1) is 14.2. The zero-order valence-corrected chi connectivity index (χ0v) is 11.8. The van der Waals surface area contributed by atoms with Crippen LogP contribution in [-0.4, -0.2) is 5.91 Å². The number of aryl methyl sites for hydroxylation is 1. The summed E-state index contributed by atoms with van der Waals surface area (Å²) in [5.41, 5.74) is 1.52. The standard InChI is InChI=1S/C16H14ClNO2/c1-3-15(19)18-14-6-4-5-11(2)16(14)20-13-9-7-12(17)8-10-13/h3-10H,1H2,2H3,(H,18,19). The number of ether oxygens (including phenoxy) is 1. The molecule has 1 amide bonds. The molecule has 0 heterocycles. The number of hydrogen-bond donors (Lipinski definition) is 1. The number of anilines is 1. The van der Waals surface area contributed by atoms with E-state index in [2.05, 4.69) is 11.9 Å². The Bertz CT molecular complexity index is 635. The summed E-state index contributed by atoms with van der Waals surface area (Å²) in [6.07, 6.45) is 1.22. The number of benzene rings is 2. The van der Waals surface area contributed by atoms with Crippen LogP contribution >= 0.6 is 11.6 Å². The third kappa shape index (κ3) is 3.39. The average Bonchev–Trinajstić information content (AvgIpc) is 2.44. The Morgan fingerprint density at radius 2 is 1.95 bits per heavy atom. The van der Waals surface area contributed by atoms with Gasteiger partial charge in [-0.2, -0.15) is 0 Å². The average molecular weight is 288 g/mol. The molecule has 0 spiro atoms. The van der Waals surface area contributed by atoms with Crippen molar-refractivity contribution in [1.29, 1.82) is 0 Å². The van der Waals surface area contributed by atoms with Crippen molar-refractivity contribution in [2.75, 3.05) is 5.32 Å². The van der Waals surface area contributed by atoms with Crippen LogP contribution in [0.15, 0.2) is 55.1 Å². The molecule has 0 atom stereocenters. The zero-order chi connectivity index (χ0) is 14.5. The molecule has 0 aliphatic rings. The highest BCUT2D eigenvalue weighted by molar-refractivity contribution is 6.30. The molecular formula is C16H14ClNO2.